The quantitative estimate of drug-likeness (QED) is 0.0938. The SMILES string of the molecule is C[Si](C)(C)CCC[Si](CCC[Si](C)(C)C)(CCC[Si](C)(C)C)C[P@@](c1ccccc1)c1ccccc1-c1ccccc1.[CH2][C]([CH2])C.[Cl][Pd+]. The van der Waals surface area contributed by atoms with E-state index in [-0.39, 0.29) is 0 Å². The van der Waals surface area contributed by atoms with E-state index in [2.05, 4.69) is 185 Å². The van der Waals surface area contributed by atoms with Crippen molar-refractivity contribution in [2.24, 2.45) is 0 Å². The van der Waals surface area contributed by atoms with E-state index in [1.807, 2.05) is 6.92 Å². The maximum atomic E-state index is 4.49. The first-order valence-electron chi connectivity index (χ1n) is 18.0. The first-order valence-corrected chi connectivity index (χ1v) is 35.4. The van der Waals surface area contributed by atoms with Gasteiger partial charge >= 0.3 is 27.7 Å². The Morgan fingerprint density at radius 3 is 1.31 bits per heavy atom. The Bertz CT molecular complexity index is 1200. The number of rotatable bonds is 17. The van der Waals surface area contributed by atoms with Crippen LogP contribution in [0.4, 0.5) is 0 Å². The second-order valence-corrected chi connectivity index (χ2v) is 42.0. The molecule has 0 saturated carbocycles. The van der Waals surface area contributed by atoms with Crippen molar-refractivity contribution in [3.63, 3.8) is 0 Å². The molecule has 3 aromatic carbocycles. The Morgan fingerprint density at radius 2 is 0.917 bits per heavy atom. The van der Waals surface area contributed by atoms with Crippen LogP contribution in [-0.4, -0.2) is 38.1 Å². The van der Waals surface area contributed by atoms with Crippen LogP contribution in [0.5, 0.6) is 0 Å². The first kappa shape index (κ1) is 45.9. The predicted octanol–water partition coefficient (Wildman–Crippen LogP) is 13.9. The third kappa shape index (κ3) is 20.1. The predicted molar refractivity (Wildman–Crippen MR) is 233 cm³/mol. The molecule has 3 aromatic rings. The van der Waals surface area contributed by atoms with Crippen molar-refractivity contribution in [3.8, 4) is 11.1 Å². The number of hydrogen-bond acceptors (Lipinski definition) is 0. The normalized spacial score (nSPS) is 12.9. The molecule has 7 heteroatoms. The molecule has 0 bridgehead atoms. The molecular weight excluding hydrogens is 778 g/mol. The number of benzene rings is 3. The molecule has 0 unspecified atom stereocenters. The summed E-state index contributed by atoms with van der Waals surface area (Å²) in [6.07, 6.45) is 4.42. The average molecular weight is 846 g/mol. The fourth-order valence-electron chi connectivity index (χ4n) is 6.42. The van der Waals surface area contributed by atoms with Crippen LogP contribution in [0.15, 0.2) is 84.9 Å². The van der Waals surface area contributed by atoms with Crippen LogP contribution in [-0.2, 0) is 18.2 Å². The van der Waals surface area contributed by atoms with E-state index in [1.165, 1.54) is 54.3 Å². The Labute approximate surface area is 319 Å². The van der Waals surface area contributed by atoms with E-state index in [4.69, 9.17) is 0 Å². The Kier molecular flexibility index (Phi) is 21.8. The topological polar surface area (TPSA) is 0 Å². The van der Waals surface area contributed by atoms with Crippen molar-refractivity contribution in [2.45, 2.75) is 121 Å². The van der Waals surface area contributed by atoms with E-state index < -0.39 is 40.2 Å². The summed E-state index contributed by atoms with van der Waals surface area (Å²) < 4.78 is 0. The molecule has 0 saturated heterocycles. The van der Waals surface area contributed by atoms with Gasteiger partial charge in [0.05, 0.1) is 8.07 Å². The second-order valence-electron chi connectivity index (χ2n) is 17.5. The van der Waals surface area contributed by atoms with Gasteiger partial charge in [0.2, 0.25) is 0 Å². The molecule has 0 aliphatic heterocycles. The van der Waals surface area contributed by atoms with Gasteiger partial charge in [-0.1, -0.05) is 206 Å². The molecule has 0 fully saturated rings. The van der Waals surface area contributed by atoms with E-state index in [1.54, 1.807) is 28.7 Å². The van der Waals surface area contributed by atoms with Crippen LogP contribution >= 0.6 is 17.5 Å². The van der Waals surface area contributed by atoms with Gasteiger partial charge in [-0.25, -0.2) is 0 Å². The van der Waals surface area contributed by atoms with Crippen LogP contribution in [0, 0.1) is 19.8 Å². The fraction of sp³-hybridized carbons (Fsp3) is 0.488. The van der Waals surface area contributed by atoms with Crippen molar-refractivity contribution < 1.29 is 18.2 Å². The fourth-order valence-corrected chi connectivity index (χ4v) is 22.3. The minimum absolute atomic E-state index is 0.421. The second kappa shape index (κ2) is 22.8. The molecule has 0 aliphatic rings. The van der Waals surface area contributed by atoms with Crippen molar-refractivity contribution in [3.05, 3.63) is 105 Å². The van der Waals surface area contributed by atoms with Crippen molar-refractivity contribution in [2.75, 3.05) is 5.79 Å². The molecule has 0 amide bonds. The average Bonchev–Trinajstić information content (AvgIpc) is 3.00. The van der Waals surface area contributed by atoms with Crippen molar-refractivity contribution in [1.29, 1.82) is 0 Å². The molecule has 0 aliphatic carbocycles. The van der Waals surface area contributed by atoms with E-state index in [9.17, 15) is 0 Å². The van der Waals surface area contributed by atoms with E-state index >= 15 is 0 Å². The van der Waals surface area contributed by atoms with Crippen LogP contribution in [0.3, 0.4) is 0 Å². The molecule has 0 nitrogen and oxygen atoms in total. The summed E-state index contributed by atoms with van der Waals surface area (Å²) in [5.74, 6) is 2.39. The van der Waals surface area contributed by atoms with Crippen LogP contribution in [0.1, 0.15) is 26.2 Å². The monoisotopic (exact) mass is 844 g/mol. The minimum atomic E-state index is -1.55. The molecule has 0 heterocycles. The molecule has 0 spiro atoms. The van der Waals surface area contributed by atoms with Gasteiger partial charge in [-0.05, 0) is 55.2 Å². The Balaban J connectivity index is 0.00000178. The third-order valence-electron chi connectivity index (χ3n) is 8.74. The Hall–Kier alpha value is -0.0901. The summed E-state index contributed by atoms with van der Waals surface area (Å²) in [6.45, 7) is 32.0. The molecule has 1 atom stereocenters. The molecule has 3 radical (unpaired) electrons. The maximum absolute atomic E-state index is 4.49. The van der Waals surface area contributed by atoms with Crippen LogP contribution < -0.4 is 10.6 Å². The summed E-state index contributed by atoms with van der Waals surface area (Å²) in [4.78, 5) is 0. The van der Waals surface area contributed by atoms with Crippen LogP contribution in [0.2, 0.25) is 95.2 Å². The summed E-state index contributed by atoms with van der Waals surface area (Å²) in [5.41, 5.74) is 2.84. The molecule has 48 heavy (non-hydrogen) atoms. The van der Waals surface area contributed by atoms with Gasteiger partial charge in [-0.3, -0.25) is 0 Å². The van der Waals surface area contributed by atoms with Crippen molar-refractivity contribution in [1.82, 2.24) is 0 Å². The summed E-state index contributed by atoms with van der Waals surface area (Å²) >= 11 is 2.22. The van der Waals surface area contributed by atoms with Gasteiger partial charge < -0.3 is 0 Å². The molecule has 269 valence electrons. The van der Waals surface area contributed by atoms with Crippen LogP contribution in [0.25, 0.3) is 11.1 Å². The van der Waals surface area contributed by atoms with E-state index in [0.29, 0.717) is 0 Å². The number of halogens is 1. The molecule has 3 rings (SSSR count). The van der Waals surface area contributed by atoms with Gasteiger partial charge in [0.25, 0.3) is 0 Å². The summed E-state index contributed by atoms with van der Waals surface area (Å²) in [6, 6.07) is 41.5. The van der Waals surface area contributed by atoms with Crippen molar-refractivity contribution >= 4 is 60.4 Å². The van der Waals surface area contributed by atoms with Gasteiger partial charge in [0.15, 0.2) is 0 Å². The van der Waals surface area contributed by atoms with Gasteiger partial charge in [-0.2, -0.15) is 0 Å². The summed E-state index contributed by atoms with van der Waals surface area (Å²) in [7, 11) is -0.661. The van der Waals surface area contributed by atoms with Gasteiger partial charge in [-0.15, -0.1) is 0 Å². The zero-order valence-electron chi connectivity index (χ0n) is 32.2. The zero-order valence-corrected chi connectivity index (χ0v) is 39.4. The standard InChI is InChI=1S/C37H61PSi4.C4H7.ClH.Pd/c1-39(2,3)27-18-30-42(31-19-28-40(4,5)6,32-20-29-41(7,8)9)33-38(35-23-14-11-15-24-35)37-26-17-16-25-36(37)34-21-12-10-13-22-34;1-4(2)3;;/h10-17,21-26H,18-20,27-33H2,1-9H3;1-2H2,3H3;1H;/q;;;+2/p-1/t38-;;;/m0.../s1. The molecular formula is C41H68ClPPdSi4+. The first-order chi connectivity index (χ1) is 22.4. The van der Waals surface area contributed by atoms with E-state index in [0.717, 1.165) is 5.92 Å². The Morgan fingerprint density at radius 1 is 0.562 bits per heavy atom. The molecule has 0 aromatic heterocycles. The summed E-state index contributed by atoms with van der Waals surface area (Å²) in [5, 5.41) is 3.20. The molecule has 0 N–H and O–H groups in total. The number of hydrogen-bond donors (Lipinski definition) is 0. The van der Waals surface area contributed by atoms with Gasteiger partial charge in [0, 0.05) is 24.2 Å². The third-order valence-corrected chi connectivity index (χ3v) is 24.4. The van der Waals surface area contributed by atoms with Gasteiger partial charge in [0.1, 0.15) is 0 Å². The zero-order chi connectivity index (χ0) is 36.4.